The molecular weight excluding hydrogens is 336 g/mol. The van der Waals surface area contributed by atoms with Gasteiger partial charge in [-0.3, -0.25) is 0 Å². The van der Waals surface area contributed by atoms with Gasteiger partial charge in [0.05, 0.1) is 5.01 Å². The summed E-state index contributed by atoms with van der Waals surface area (Å²) in [6.07, 6.45) is 7.14. The lowest BCUT2D eigenvalue weighted by Crippen LogP contribution is -2.13. The average Bonchev–Trinajstić information content (AvgIpc) is 2.84. The van der Waals surface area contributed by atoms with Gasteiger partial charge in [0, 0.05) is 34.2 Å². The molecule has 3 nitrogen and oxygen atoms in total. The van der Waals surface area contributed by atoms with Crippen LogP contribution in [-0.4, -0.2) is 11.6 Å². The predicted octanol–water partition coefficient (Wildman–Crippen LogP) is 3.52. The number of benzene rings is 1. The zero-order valence-electron chi connectivity index (χ0n) is 11.1. The van der Waals surface area contributed by atoms with Gasteiger partial charge in [-0.05, 0) is 25.1 Å². The minimum absolute atomic E-state index is 0.280. The topological polar surface area (TPSA) is 34.1 Å². The van der Waals surface area contributed by atoms with Crippen LogP contribution in [0.4, 0.5) is 0 Å². The number of nitrogens with zero attached hydrogens (tertiary/aromatic N) is 1. The first-order valence-corrected chi connectivity index (χ1v) is 7.76. The number of aromatic nitrogens is 1. The van der Waals surface area contributed by atoms with Crippen molar-refractivity contribution in [3.8, 4) is 18.1 Å². The van der Waals surface area contributed by atoms with E-state index in [0.29, 0.717) is 0 Å². The summed E-state index contributed by atoms with van der Waals surface area (Å²) in [5, 5.41) is 4.48. The molecule has 0 atom stereocenters. The van der Waals surface area contributed by atoms with Crippen LogP contribution in [0.3, 0.4) is 0 Å². The Hall–Kier alpha value is -1.35. The lowest BCUT2D eigenvalue weighted by molar-refractivity contribution is 0.364. The van der Waals surface area contributed by atoms with Crippen LogP contribution < -0.4 is 10.1 Å². The summed E-state index contributed by atoms with van der Waals surface area (Å²) in [7, 11) is 0. The molecule has 0 spiro atoms. The van der Waals surface area contributed by atoms with Crippen LogP contribution in [0.25, 0.3) is 0 Å². The van der Waals surface area contributed by atoms with Crippen molar-refractivity contribution in [1.82, 2.24) is 10.3 Å². The van der Waals surface area contributed by atoms with E-state index in [-0.39, 0.29) is 6.61 Å². The smallest absolute Gasteiger partial charge is 0.148 e. The van der Waals surface area contributed by atoms with Crippen LogP contribution >= 0.6 is 27.3 Å². The molecule has 0 saturated carbocycles. The molecule has 0 aliphatic carbocycles. The van der Waals surface area contributed by atoms with Crippen LogP contribution in [0.1, 0.15) is 15.4 Å². The standard InChI is InChI=1S/C15H15BrN2OS/c1-3-6-19-15-5-4-13(16)7-12(15)8-17-9-14-10-18-11(2)20-14/h1,4-5,7,10,17H,6,8-9H2,2H3. The predicted molar refractivity (Wildman–Crippen MR) is 85.9 cm³/mol. The van der Waals surface area contributed by atoms with Crippen LogP contribution in [0, 0.1) is 19.3 Å². The van der Waals surface area contributed by atoms with Crippen molar-refractivity contribution in [2.75, 3.05) is 6.61 Å². The monoisotopic (exact) mass is 350 g/mol. The number of aryl methyl sites for hydroxylation is 1. The maximum atomic E-state index is 5.54. The number of terminal acetylenes is 1. The van der Waals surface area contributed by atoms with Crippen molar-refractivity contribution in [2.45, 2.75) is 20.0 Å². The van der Waals surface area contributed by atoms with Gasteiger partial charge in [0.2, 0.25) is 0 Å². The van der Waals surface area contributed by atoms with Gasteiger partial charge >= 0.3 is 0 Å². The second kappa shape index (κ2) is 7.44. The molecule has 5 heteroatoms. The van der Waals surface area contributed by atoms with E-state index < -0.39 is 0 Å². The van der Waals surface area contributed by atoms with Gasteiger partial charge in [0.15, 0.2) is 0 Å². The molecule has 104 valence electrons. The molecule has 1 aromatic carbocycles. The van der Waals surface area contributed by atoms with E-state index in [0.717, 1.165) is 33.9 Å². The second-order valence-corrected chi connectivity index (χ2v) is 6.43. The number of ether oxygens (including phenoxy) is 1. The van der Waals surface area contributed by atoms with Gasteiger partial charge in [-0.15, -0.1) is 17.8 Å². The van der Waals surface area contributed by atoms with Crippen molar-refractivity contribution in [3.63, 3.8) is 0 Å². The minimum atomic E-state index is 0.280. The quantitative estimate of drug-likeness (QED) is 0.809. The highest BCUT2D eigenvalue weighted by Gasteiger charge is 2.05. The molecule has 1 aromatic heterocycles. The van der Waals surface area contributed by atoms with Crippen molar-refractivity contribution >= 4 is 27.3 Å². The van der Waals surface area contributed by atoms with Crippen LogP contribution in [0.2, 0.25) is 0 Å². The Bertz CT molecular complexity index is 619. The first kappa shape index (κ1) is 15.0. The fourth-order valence-electron chi connectivity index (χ4n) is 1.75. The molecule has 0 unspecified atom stereocenters. The second-order valence-electron chi connectivity index (χ2n) is 4.19. The number of hydrogen-bond donors (Lipinski definition) is 1. The van der Waals surface area contributed by atoms with Crippen molar-refractivity contribution in [2.24, 2.45) is 0 Å². The third-order valence-corrected chi connectivity index (χ3v) is 4.02. The fourth-order valence-corrected chi connectivity index (χ4v) is 2.93. The van der Waals surface area contributed by atoms with E-state index >= 15 is 0 Å². The third kappa shape index (κ3) is 4.34. The molecule has 1 heterocycles. The lowest BCUT2D eigenvalue weighted by atomic mass is 10.2. The number of nitrogens with one attached hydrogen (secondary N) is 1. The first-order chi connectivity index (χ1) is 9.69. The molecule has 0 radical (unpaired) electrons. The fraction of sp³-hybridized carbons (Fsp3) is 0.267. The Balaban J connectivity index is 1.97. The van der Waals surface area contributed by atoms with Crippen molar-refractivity contribution in [3.05, 3.63) is 44.3 Å². The Morgan fingerprint density at radius 3 is 3.00 bits per heavy atom. The maximum Gasteiger partial charge on any atom is 0.148 e. The number of halogens is 1. The van der Waals surface area contributed by atoms with E-state index in [2.05, 4.69) is 32.2 Å². The summed E-state index contributed by atoms with van der Waals surface area (Å²) in [6, 6.07) is 5.91. The summed E-state index contributed by atoms with van der Waals surface area (Å²) in [5.41, 5.74) is 1.08. The van der Waals surface area contributed by atoms with Gasteiger partial charge in [-0.1, -0.05) is 21.9 Å². The summed E-state index contributed by atoms with van der Waals surface area (Å²) >= 11 is 5.18. The van der Waals surface area contributed by atoms with Crippen molar-refractivity contribution < 1.29 is 4.74 Å². The number of hydrogen-bond acceptors (Lipinski definition) is 4. The first-order valence-electron chi connectivity index (χ1n) is 6.15. The summed E-state index contributed by atoms with van der Waals surface area (Å²) in [5.74, 6) is 3.30. The zero-order valence-corrected chi connectivity index (χ0v) is 13.6. The summed E-state index contributed by atoms with van der Waals surface area (Å²) in [6.45, 7) is 3.81. The molecule has 2 aromatic rings. The Morgan fingerprint density at radius 2 is 2.30 bits per heavy atom. The molecule has 0 saturated heterocycles. The molecule has 0 aliphatic rings. The normalized spacial score (nSPS) is 10.2. The lowest BCUT2D eigenvalue weighted by Gasteiger charge is -2.11. The van der Waals surface area contributed by atoms with Gasteiger partial charge in [-0.25, -0.2) is 4.98 Å². The van der Waals surface area contributed by atoms with Crippen molar-refractivity contribution in [1.29, 1.82) is 0 Å². The van der Waals surface area contributed by atoms with Gasteiger partial charge in [0.25, 0.3) is 0 Å². The van der Waals surface area contributed by atoms with Crippen LogP contribution in [0.15, 0.2) is 28.9 Å². The van der Waals surface area contributed by atoms with Crippen LogP contribution in [-0.2, 0) is 13.1 Å². The maximum absolute atomic E-state index is 5.54. The molecule has 0 aliphatic heterocycles. The Morgan fingerprint density at radius 1 is 1.45 bits per heavy atom. The Kier molecular flexibility index (Phi) is 5.60. The number of thiazole rings is 1. The Labute approximate surface area is 131 Å². The molecule has 2 rings (SSSR count). The van der Waals surface area contributed by atoms with E-state index in [1.54, 1.807) is 11.3 Å². The molecule has 0 bridgehead atoms. The minimum Gasteiger partial charge on any atom is -0.481 e. The van der Waals surface area contributed by atoms with Gasteiger partial charge in [-0.2, -0.15) is 0 Å². The van der Waals surface area contributed by atoms with Crippen LogP contribution in [0.5, 0.6) is 5.75 Å². The molecular formula is C15H15BrN2OS. The summed E-state index contributed by atoms with van der Waals surface area (Å²) in [4.78, 5) is 5.46. The zero-order chi connectivity index (χ0) is 14.4. The summed E-state index contributed by atoms with van der Waals surface area (Å²) < 4.78 is 6.57. The molecule has 0 fully saturated rings. The third-order valence-electron chi connectivity index (χ3n) is 2.62. The average molecular weight is 351 g/mol. The molecule has 20 heavy (non-hydrogen) atoms. The highest BCUT2D eigenvalue weighted by atomic mass is 79.9. The van der Waals surface area contributed by atoms with E-state index in [1.165, 1.54) is 4.88 Å². The highest BCUT2D eigenvalue weighted by Crippen LogP contribution is 2.23. The van der Waals surface area contributed by atoms with E-state index in [4.69, 9.17) is 11.2 Å². The van der Waals surface area contributed by atoms with E-state index in [1.807, 2.05) is 31.3 Å². The molecule has 0 amide bonds. The van der Waals surface area contributed by atoms with E-state index in [9.17, 15) is 0 Å². The number of rotatable bonds is 6. The molecule has 1 N–H and O–H groups in total. The van der Waals surface area contributed by atoms with Gasteiger partial charge in [0.1, 0.15) is 12.4 Å². The van der Waals surface area contributed by atoms with Gasteiger partial charge < -0.3 is 10.1 Å². The largest absolute Gasteiger partial charge is 0.481 e. The highest BCUT2D eigenvalue weighted by molar-refractivity contribution is 9.10. The SMILES string of the molecule is C#CCOc1ccc(Br)cc1CNCc1cnc(C)s1.